The Morgan fingerprint density at radius 3 is 2.42 bits per heavy atom. The first-order valence-corrected chi connectivity index (χ1v) is 7.48. The Hall–Kier alpha value is -1.79. The van der Waals surface area contributed by atoms with E-state index in [0.717, 1.165) is 17.9 Å². The van der Waals surface area contributed by atoms with Gasteiger partial charge < -0.3 is 9.73 Å². The third-order valence-electron chi connectivity index (χ3n) is 2.82. The second kappa shape index (κ2) is 5.46. The lowest BCUT2D eigenvalue weighted by molar-refractivity contribution is 0.474. The summed E-state index contributed by atoms with van der Waals surface area (Å²) in [6.45, 7) is 2.04. The first-order chi connectivity index (χ1) is 9.00. The molecule has 0 radical (unpaired) electrons. The van der Waals surface area contributed by atoms with Crippen LogP contribution in [0.3, 0.4) is 0 Å². The third-order valence-corrected chi connectivity index (χ3v) is 3.75. The minimum atomic E-state index is -3.64. The molecule has 0 spiro atoms. The van der Waals surface area contributed by atoms with Crippen LogP contribution >= 0.6 is 0 Å². The van der Waals surface area contributed by atoms with Crippen LogP contribution in [0.1, 0.15) is 25.1 Å². The lowest BCUT2D eigenvalue weighted by Gasteiger charge is -2.16. The number of rotatable bonds is 5. The van der Waals surface area contributed by atoms with E-state index in [1.54, 1.807) is 18.4 Å². The number of anilines is 1. The van der Waals surface area contributed by atoms with E-state index in [0.29, 0.717) is 0 Å². The van der Waals surface area contributed by atoms with Crippen LogP contribution < -0.4 is 10.5 Å². The highest BCUT2D eigenvalue weighted by Gasteiger charge is 2.12. The molecule has 0 amide bonds. The number of sulfonamides is 1. The molecule has 0 bridgehead atoms. The summed E-state index contributed by atoms with van der Waals surface area (Å²) >= 11 is 0. The van der Waals surface area contributed by atoms with Gasteiger partial charge >= 0.3 is 0 Å². The van der Waals surface area contributed by atoms with Crippen molar-refractivity contribution in [1.82, 2.24) is 0 Å². The Morgan fingerprint density at radius 1 is 1.26 bits per heavy atom. The van der Waals surface area contributed by atoms with Crippen LogP contribution in [0.4, 0.5) is 5.69 Å². The lowest BCUT2D eigenvalue weighted by Crippen LogP contribution is -2.12. The van der Waals surface area contributed by atoms with Crippen molar-refractivity contribution in [2.75, 3.05) is 5.32 Å². The number of hydrogen-bond donors (Lipinski definition) is 2. The van der Waals surface area contributed by atoms with E-state index < -0.39 is 10.0 Å². The summed E-state index contributed by atoms with van der Waals surface area (Å²) in [6, 6.07) is 10.1. The first-order valence-electron chi connectivity index (χ1n) is 5.93. The van der Waals surface area contributed by atoms with Crippen LogP contribution in [0.25, 0.3) is 0 Å². The third kappa shape index (κ3) is 3.36. The van der Waals surface area contributed by atoms with Gasteiger partial charge in [-0.15, -0.1) is 0 Å². The summed E-state index contributed by atoms with van der Waals surface area (Å²) in [5, 5.41) is 8.33. The summed E-state index contributed by atoms with van der Waals surface area (Å²) in [5.41, 5.74) is 0.815. The zero-order valence-corrected chi connectivity index (χ0v) is 11.4. The Labute approximate surface area is 112 Å². The molecule has 2 rings (SSSR count). The van der Waals surface area contributed by atoms with Gasteiger partial charge in [-0.05, 0) is 42.8 Å². The number of primary sulfonamides is 1. The maximum Gasteiger partial charge on any atom is 0.238 e. The molecule has 6 heteroatoms. The topological polar surface area (TPSA) is 85.3 Å². The van der Waals surface area contributed by atoms with Gasteiger partial charge in [0.2, 0.25) is 10.0 Å². The Kier molecular flexibility index (Phi) is 3.92. The van der Waals surface area contributed by atoms with E-state index in [1.807, 2.05) is 19.1 Å². The fourth-order valence-electron chi connectivity index (χ4n) is 1.81. The summed E-state index contributed by atoms with van der Waals surface area (Å²) < 4.78 is 27.7. The SMILES string of the molecule is CCC(Nc1ccc(S(N)(=O)=O)cc1)c1ccco1. The zero-order chi connectivity index (χ0) is 13.9. The first kappa shape index (κ1) is 13.6. The molecule has 0 fully saturated rings. The smallest absolute Gasteiger partial charge is 0.238 e. The maximum absolute atomic E-state index is 11.2. The normalized spacial score (nSPS) is 13.2. The molecular weight excluding hydrogens is 264 g/mol. The number of furan rings is 1. The van der Waals surface area contributed by atoms with Gasteiger partial charge in [-0.1, -0.05) is 6.92 Å². The average Bonchev–Trinajstić information content (AvgIpc) is 2.89. The van der Waals surface area contributed by atoms with Crippen molar-refractivity contribution in [2.24, 2.45) is 5.14 Å². The molecule has 3 N–H and O–H groups in total. The average molecular weight is 280 g/mol. The zero-order valence-electron chi connectivity index (χ0n) is 10.5. The fraction of sp³-hybridized carbons (Fsp3) is 0.231. The fourth-order valence-corrected chi connectivity index (χ4v) is 2.32. The van der Waals surface area contributed by atoms with Crippen molar-refractivity contribution in [1.29, 1.82) is 0 Å². The van der Waals surface area contributed by atoms with Crippen LogP contribution in [0, 0.1) is 0 Å². The Balaban J connectivity index is 2.15. The van der Waals surface area contributed by atoms with Crippen molar-refractivity contribution in [3.63, 3.8) is 0 Å². The molecule has 0 saturated heterocycles. The number of nitrogens with two attached hydrogens (primary N) is 1. The van der Waals surface area contributed by atoms with Crippen molar-refractivity contribution < 1.29 is 12.8 Å². The molecule has 0 aliphatic heterocycles. The quantitative estimate of drug-likeness (QED) is 0.881. The molecule has 1 heterocycles. The monoisotopic (exact) mass is 280 g/mol. The van der Waals surface area contributed by atoms with E-state index in [-0.39, 0.29) is 10.9 Å². The largest absolute Gasteiger partial charge is 0.467 e. The van der Waals surface area contributed by atoms with Crippen molar-refractivity contribution in [3.8, 4) is 0 Å². The van der Waals surface area contributed by atoms with E-state index in [1.165, 1.54) is 12.1 Å². The standard InChI is InChI=1S/C13H16N2O3S/c1-2-12(13-4-3-9-18-13)15-10-5-7-11(8-6-10)19(14,16)17/h3-9,12,15H,2H2,1H3,(H2,14,16,17). The van der Waals surface area contributed by atoms with Crippen LogP contribution in [-0.2, 0) is 10.0 Å². The van der Waals surface area contributed by atoms with Gasteiger partial charge in [0.15, 0.2) is 0 Å². The summed E-state index contributed by atoms with van der Waals surface area (Å²) in [7, 11) is -3.64. The van der Waals surface area contributed by atoms with E-state index in [4.69, 9.17) is 9.56 Å². The number of hydrogen-bond acceptors (Lipinski definition) is 4. The molecule has 0 aliphatic rings. The molecule has 19 heavy (non-hydrogen) atoms. The minimum absolute atomic E-state index is 0.0512. The molecular formula is C13H16N2O3S. The minimum Gasteiger partial charge on any atom is -0.467 e. The Bertz CT molecular complexity index is 618. The van der Waals surface area contributed by atoms with Gasteiger partial charge in [-0.3, -0.25) is 0 Å². The summed E-state index contributed by atoms with van der Waals surface area (Å²) in [6.07, 6.45) is 2.48. The highest BCUT2D eigenvalue weighted by molar-refractivity contribution is 7.89. The molecule has 0 saturated carbocycles. The van der Waals surface area contributed by atoms with Gasteiger partial charge in [-0.2, -0.15) is 0 Å². The molecule has 1 aromatic heterocycles. The number of benzene rings is 1. The lowest BCUT2D eigenvalue weighted by atomic mass is 10.1. The van der Waals surface area contributed by atoms with E-state index in [2.05, 4.69) is 5.32 Å². The van der Waals surface area contributed by atoms with Crippen LogP contribution in [0.5, 0.6) is 0 Å². The number of nitrogens with one attached hydrogen (secondary N) is 1. The second-order valence-electron chi connectivity index (χ2n) is 4.19. The molecule has 0 aliphatic carbocycles. The molecule has 1 unspecified atom stereocenters. The van der Waals surface area contributed by atoms with Crippen LogP contribution in [0.2, 0.25) is 0 Å². The van der Waals surface area contributed by atoms with Gasteiger partial charge in [-0.25, -0.2) is 13.6 Å². The summed E-state index contributed by atoms with van der Waals surface area (Å²) in [5.74, 6) is 0.845. The predicted octanol–water partition coefficient (Wildman–Crippen LogP) is 2.49. The highest BCUT2D eigenvalue weighted by atomic mass is 32.2. The van der Waals surface area contributed by atoms with Gasteiger partial charge in [0.1, 0.15) is 5.76 Å². The Morgan fingerprint density at radius 2 is 1.95 bits per heavy atom. The van der Waals surface area contributed by atoms with Crippen molar-refractivity contribution in [3.05, 3.63) is 48.4 Å². The predicted molar refractivity (Wildman–Crippen MR) is 73.2 cm³/mol. The molecule has 5 nitrogen and oxygen atoms in total. The van der Waals surface area contributed by atoms with Crippen LogP contribution in [0.15, 0.2) is 52.0 Å². The van der Waals surface area contributed by atoms with Gasteiger partial charge in [0, 0.05) is 5.69 Å². The highest BCUT2D eigenvalue weighted by Crippen LogP contribution is 2.23. The van der Waals surface area contributed by atoms with E-state index >= 15 is 0 Å². The summed E-state index contributed by atoms with van der Waals surface area (Å²) in [4.78, 5) is 0.101. The van der Waals surface area contributed by atoms with Crippen molar-refractivity contribution in [2.45, 2.75) is 24.3 Å². The second-order valence-corrected chi connectivity index (χ2v) is 5.75. The van der Waals surface area contributed by atoms with Gasteiger partial charge in [0.25, 0.3) is 0 Å². The molecule has 102 valence electrons. The van der Waals surface area contributed by atoms with E-state index in [9.17, 15) is 8.42 Å². The van der Waals surface area contributed by atoms with Gasteiger partial charge in [0.05, 0.1) is 17.2 Å². The van der Waals surface area contributed by atoms with Crippen LogP contribution in [-0.4, -0.2) is 8.42 Å². The maximum atomic E-state index is 11.2. The van der Waals surface area contributed by atoms with Crippen molar-refractivity contribution >= 4 is 15.7 Å². The molecule has 1 atom stereocenters. The molecule has 1 aromatic carbocycles. The molecule has 2 aromatic rings.